The van der Waals surface area contributed by atoms with Crippen LogP contribution in [0.15, 0.2) is 42.5 Å². The second-order valence-corrected chi connectivity index (χ2v) is 10.9. The van der Waals surface area contributed by atoms with Crippen LogP contribution in [0.1, 0.15) is 64.0 Å². The first-order chi connectivity index (χ1) is 18.8. The summed E-state index contributed by atoms with van der Waals surface area (Å²) in [6.07, 6.45) is 7.23. The summed E-state index contributed by atoms with van der Waals surface area (Å²) in [6, 6.07) is 13.2. The molecule has 0 unspecified atom stereocenters. The van der Waals surface area contributed by atoms with Crippen molar-refractivity contribution in [2.45, 2.75) is 77.8 Å². The maximum atomic E-state index is 13.3. The van der Waals surface area contributed by atoms with Crippen molar-refractivity contribution < 1.29 is 9.18 Å². The number of nitrogens with zero attached hydrogens (tertiary/aromatic N) is 5. The van der Waals surface area contributed by atoms with Gasteiger partial charge in [-0.2, -0.15) is 0 Å². The number of aromatic nitrogens is 4. The van der Waals surface area contributed by atoms with Gasteiger partial charge in [0.05, 0.1) is 0 Å². The maximum Gasteiger partial charge on any atom is 0.319 e. The van der Waals surface area contributed by atoms with E-state index in [1.807, 2.05) is 30.3 Å². The molecule has 0 spiro atoms. The van der Waals surface area contributed by atoms with E-state index in [1.54, 1.807) is 23.9 Å². The van der Waals surface area contributed by atoms with Crippen LogP contribution < -0.4 is 10.6 Å². The van der Waals surface area contributed by atoms with Gasteiger partial charge in [0, 0.05) is 30.4 Å². The molecule has 3 aromatic rings. The number of hydrogen-bond acceptors (Lipinski definition) is 5. The zero-order valence-corrected chi connectivity index (χ0v) is 23.7. The zero-order chi connectivity index (χ0) is 27.8. The maximum absolute atomic E-state index is 13.3. The molecule has 2 aromatic carbocycles. The van der Waals surface area contributed by atoms with E-state index in [0.29, 0.717) is 17.8 Å². The normalized spacial score (nSPS) is 18.6. The van der Waals surface area contributed by atoms with Crippen molar-refractivity contribution in [3.63, 3.8) is 0 Å². The molecule has 1 fully saturated rings. The molecule has 1 aromatic heterocycles. The predicted octanol–water partition coefficient (Wildman–Crippen LogP) is 5.60. The summed E-state index contributed by atoms with van der Waals surface area (Å²) in [5, 5.41) is 17.9. The minimum absolute atomic E-state index is 0.0442. The van der Waals surface area contributed by atoms with Gasteiger partial charge in [0.1, 0.15) is 5.82 Å². The lowest BCUT2D eigenvalue weighted by Crippen LogP contribution is -2.44. The Morgan fingerprint density at radius 1 is 1.15 bits per heavy atom. The molecule has 9 heteroatoms. The number of nitrogens with one attached hydrogen (secondary N) is 2. The topological polar surface area (TPSA) is 88.0 Å². The SMILES string of the molecule is CCCN1CC[C@@H](Cc2ccc(F)cc2)C[C@@H]1CC[C@@H](C)NC(=O)Nc1cc(CC)cc(-c2nnnn2C)c1. The van der Waals surface area contributed by atoms with Crippen molar-refractivity contribution in [3.8, 4) is 11.4 Å². The Morgan fingerprint density at radius 2 is 1.95 bits per heavy atom. The lowest BCUT2D eigenvalue weighted by Gasteiger charge is -2.40. The minimum Gasteiger partial charge on any atom is -0.335 e. The third-order valence-corrected chi connectivity index (χ3v) is 7.74. The van der Waals surface area contributed by atoms with Crippen molar-refractivity contribution >= 4 is 11.7 Å². The summed E-state index contributed by atoms with van der Waals surface area (Å²) in [4.78, 5) is 15.5. The quantitative estimate of drug-likeness (QED) is 0.334. The highest BCUT2D eigenvalue weighted by Gasteiger charge is 2.28. The van der Waals surface area contributed by atoms with Gasteiger partial charge in [0.2, 0.25) is 0 Å². The highest BCUT2D eigenvalue weighted by Crippen LogP contribution is 2.29. The Hall–Kier alpha value is -3.33. The van der Waals surface area contributed by atoms with Gasteiger partial charge in [-0.15, -0.1) is 5.10 Å². The lowest BCUT2D eigenvalue weighted by molar-refractivity contribution is 0.102. The fraction of sp³-hybridized carbons (Fsp3) is 0.533. The van der Waals surface area contributed by atoms with Gasteiger partial charge in [0.25, 0.3) is 0 Å². The number of tetrazole rings is 1. The number of halogens is 1. The monoisotopic (exact) mass is 535 g/mol. The van der Waals surface area contributed by atoms with Crippen LogP contribution in [0.2, 0.25) is 0 Å². The number of amides is 2. The van der Waals surface area contributed by atoms with E-state index in [9.17, 15) is 9.18 Å². The fourth-order valence-electron chi connectivity index (χ4n) is 5.68. The third-order valence-electron chi connectivity index (χ3n) is 7.74. The average molecular weight is 536 g/mol. The molecular formula is C30H42FN7O. The van der Waals surface area contributed by atoms with Crippen LogP contribution in [0.25, 0.3) is 11.4 Å². The number of rotatable bonds is 11. The van der Waals surface area contributed by atoms with E-state index in [1.165, 1.54) is 12.0 Å². The fourth-order valence-corrected chi connectivity index (χ4v) is 5.68. The number of urea groups is 1. The van der Waals surface area contributed by atoms with E-state index < -0.39 is 0 Å². The minimum atomic E-state index is -0.207. The molecule has 39 heavy (non-hydrogen) atoms. The highest BCUT2D eigenvalue weighted by atomic mass is 19.1. The number of carbonyl (C=O) groups is 1. The second kappa shape index (κ2) is 13.6. The molecule has 0 saturated carbocycles. The number of carbonyl (C=O) groups excluding carboxylic acids is 1. The number of aryl methyl sites for hydroxylation is 2. The molecule has 1 saturated heterocycles. The molecule has 0 radical (unpaired) electrons. The zero-order valence-electron chi connectivity index (χ0n) is 23.7. The van der Waals surface area contributed by atoms with Crippen LogP contribution in [0.5, 0.6) is 0 Å². The van der Waals surface area contributed by atoms with Gasteiger partial charge in [-0.25, -0.2) is 13.9 Å². The summed E-state index contributed by atoms with van der Waals surface area (Å²) < 4.78 is 15.0. The van der Waals surface area contributed by atoms with Crippen molar-refractivity contribution in [2.75, 3.05) is 18.4 Å². The number of hydrogen-bond donors (Lipinski definition) is 2. The molecule has 210 valence electrons. The second-order valence-electron chi connectivity index (χ2n) is 10.9. The standard InChI is InChI=1S/C30H42FN7O/c1-5-14-38-15-13-24(16-23-8-10-26(31)11-9-23)19-28(38)12-7-21(3)32-30(39)33-27-18-22(6-2)17-25(20-27)29-34-35-36-37(29)4/h8-11,17-18,20-21,24,28H,5-7,12-16,19H2,1-4H3,(H2,32,33,39)/t21-,24+,28+/m1/s1. The molecule has 4 rings (SSSR count). The van der Waals surface area contributed by atoms with E-state index in [2.05, 4.69) is 51.8 Å². The smallest absolute Gasteiger partial charge is 0.319 e. The Bertz CT molecular complexity index is 1210. The first-order valence-corrected chi connectivity index (χ1v) is 14.3. The van der Waals surface area contributed by atoms with Gasteiger partial charge < -0.3 is 15.5 Å². The molecule has 1 aliphatic rings. The molecule has 0 aliphatic carbocycles. The van der Waals surface area contributed by atoms with Crippen molar-refractivity contribution in [1.82, 2.24) is 30.4 Å². The average Bonchev–Trinajstić information content (AvgIpc) is 3.35. The van der Waals surface area contributed by atoms with Crippen LogP contribution in [-0.4, -0.2) is 56.3 Å². The first kappa shape index (κ1) is 28.7. The number of likely N-dealkylation sites (tertiary alicyclic amines) is 1. The van der Waals surface area contributed by atoms with E-state index in [0.717, 1.165) is 68.4 Å². The van der Waals surface area contributed by atoms with Crippen LogP contribution in [0.3, 0.4) is 0 Å². The summed E-state index contributed by atoms with van der Waals surface area (Å²) >= 11 is 0. The Labute approximate surface area is 231 Å². The lowest BCUT2D eigenvalue weighted by atomic mass is 9.84. The van der Waals surface area contributed by atoms with Crippen LogP contribution in [-0.2, 0) is 19.9 Å². The van der Waals surface area contributed by atoms with Crippen LogP contribution in [0.4, 0.5) is 14.9 Å². The highest BCUT2D eigenvalue weighted by molar-refractivity contribution is 5.90. The van der Waals surface area contributed by atoms with Gasteiger partial charge in [-0.1, -0.05) is 26.0 Å². The van der Waals surface area contributed by atoms with Crippen molar-refractivity contribution in [3.05, 3.63) is 59.4 Å². The van der Waals surface area contributed by atoms with Gasteiger partial charge in [-0.3, -0.25) is 0 Å². The third kappa shape index (κ3) is 8.08. The Kier molecular flexibility index (Phi) is 10.0. The molecule has 3 atom stereocenters. The molecule has 2 heterocycles. The van der Waals surface area contributed by atoms with E-state index in [-0.39, 0.29) is 17.9 Å². The summed E-state index contributed by atoms with van der Waals surface area (Å²) in [7, 11) is 1.80. The van der Waals surface area contributed by atoms with Crippen molar-refractivity contribution in [1.29, 1.82) is 0 Å². The summed E-state index contributed by atoms with van der Waals surface area (Å²) in [5.41, 5.74) is 3.90. The van der Waals surface area contributed by atoms with E-state index in [4.69, 9.17) is 0 Å². The largest absolute Gasteiger partial charge is 0.335 e. The number of benzene rings is 2. The number of anilines is 1. The molecular weight excluding hydrogens is 493 g/mol. The summed E-state index contributed by atoms with van der Waals surface area (Å²) in [5.74, 6) is 1.08. The summed E-state index contributed by atoms with van der Waals surface area (Å²) in [6.45, 7) is 8.59. The molecule has 2 amide bonds. The molecule has 1 aliphatic heterocycles. The van der Waals surface area contributed by atoms with Crippen molar-refractivity contribution in [2.24, 2.45) is 13.0 Å². The van der Waals surface area contributed by atoms with Crippen LogP contribution >= 0.6 is 0 Å². The first-order valence-electron chi connectivity index (χ1n) is 14.3. The number of piperidine rings is 1. The van der Waals surface area contributed by atoms with Gasteiger partial charge in [0.15, 0.2) is 5.82 Å². The Morgan fingerprint density at radius 3 is 2.64 bits per heavy atom. The molecule has 0 bridgehead atoms. The van der Waals surface area contributed by atoms with Crippen LogP contribution in [0, 0.1) is 11.7 Å². The predicted molar refractivity (Wildman–Crippen MR) is 153 cm³/mol. The van der Waals surface area contributed by atoms with E-state index >= 15 is 0 Å². The molecule has 8 nitrogen and oxygen atoms in total. The van der Waals surface area contributed by atoms with Gasteiger partial charge in [-0.05, 0) is 123 Å². The Balaban J connectivity index is 1.31. The van der Waals surface area contributed by atoms with Gasteiger partial charge >= 0.3 is 6.03 Å². The molecule has 2 N–H and O–H groups in total.